The van der Waals surface area contributed by atoms with Crippen LogP contribution in [0.4, 0.5) is 4.39 Å². The van der Waals surface area contributed by atoms with Crippen LogP contribution in [0.5, 0.6) is 5.75 Å². The average molecular weight is 438 g/mol. The van der Waals surface area contributed by atoms with Crippen molar-refractivity contribution < 1.29 is 13.9 Å². The van der Waals surface area contributed by atoms with Crippen LogP contribution in [0.25, 0.3) is 11.4 Å². The summed E-state index contributed by atoms with van der Waals surface area (Å²) in [6, 6.07) is 19.3. The standard InChI is InChI=1S/C22H17ClFN5O2/c23-19-12-15(6-11-18(19)21-26-28-29-27-21)20(13-31-17-9-7-16(24)8-10-17)25-22(30)14-4-2-1-3-5-14/h1-12,20H,13H2,(H,25,30)(H,26,27,28,29)/t20-/m1/s1. The number of H-pyrrole nitrogens is 1. The van der Waals surface area contributed by atoms with Crippen molar-refractivity contribution >= 4 is 17.5 Å². The number of hydrogen-bond donors (Lipinski definition) is 2. The number of nitrogens with one attached hydrogen (secondary N) is 2. The van der Waals surface area contributed by atoms with Gasteiger partial charge in [-0.05, 0) is 59.3 Å². The first-order valence-electron chi connectivity index (χ1n) is 9.37. The molecule has 1 heterocycles. The fourth-order valence-electron chi connectivity index (χ4n) is 2.97. The van der Waals surface area contributed by atoms with Crippen LogP contribution in [0.15, 0.2) is 72.8 Å². The van der Waals surface area contributed by atoms with Crippen molar-refractivity contribution in [3.05, 3.63) is 94.8 Å². The Labute approximate surface area is 182 Å². The Balaban J connectivity index is 1.58. The van der Waals surface area contributed by atoms with Crippen LogP contribution in [-0.2, 0) is 0 Å². The maximum atomic E-state index is 13.2. The van der Waals surface area contributed by atoms with Gasteiger partial charge in [0, 0.05) is 11.1 Å². The van der Waals surface area contributed by atoms with Gasteiger partial charge in [-0.1, -0.05) is 35.9 Å². The summed E-state index contributed by atoms with van der Waals surface area (Å²) in [5.41, 5.74) is 1.85. The average Bonchev–Trinajstić information content (AvgIpc) is 3.33. The summed E-state index contributed by atoms with van der Waals surface area (Å²) in [7, 11) is 0. The summed E-state index contributed by atoms with van der Waals surface area (Å²) in [6.07, 6.45) is 0. The smallest absolute Gasteiger partial charge is 0.251 e. The highest BCUT2D eigenvalue weighted by Gasteiger charge is 2.19. The molecule has 0 unspecified atom stereocenters. The third-order valence-electron chi connectivity index (χ3n) is 4.55. The second kappa shape index (κ2) is 9.36. The summed E-state index contributed by atoms with van der Waals surface area (Å²) in [5.74, 6) is 0.232. The fourth-order valence-corrected chi connectivity index (χ4v) is 3.24. The van der Waals surface area contributed by atoms with Gasteiger partial charge in [0.05, 0.1) is 11.1 Å². The fraction of sp³-hybridized carbons (Fsp3) is 0.0909. The van der Waals surface area contributed by atoms with E-state index >= 15 is 0 Å². The van der Waals surface area contributed by atoms with E-state index in [2.05, 4.69) is 25.9 Å². The molecular weight excluding hydrogens is 421 g/mol. The Bertz CT molecular complexity index is 1150. The Hall–Kier alpha value is -3.78. The first-order chi connectivity index (χ1) is 15.1. The van der Waals surface area contributed by atoms with Gasteiger partial charge in [0.1, 0.15) is 18.2 Å². The molecule has 1 aromatic heterocycles. The monoisotopic (exact) mass is 437 g/mol. The van der Waals surface area contributed by atoms with E-state index in [1.807, 2.05) is 12.1 Å². The molecule has 9 heteroatoms. The Kier molecular flexibility index (Phi) is 6.18. The summed E-state index contributed by atoms with van der Waals surface area (Å²) in [6.45, 7) is 0.113. The summed E-state index contributed by atoms with van der Waals surface area (Å²) in [4.78, 5) is 12.7. The molecule has 4 rings (SSSR count). The highest BCUT2D eigenvalue weighted by molar-refractivity contribution is 6.33. The number of aromatic nitrogens is 4. The quantitative estimate of drug-likeness (QED) is 0.452. The molecule has 4 aromatic rings. The van der Waals surface area contributed by atoms with Crippen molar-refractivity contribution in [2.24, 2.45) is 0 Å². The Morgan fingerprint density at radius 3 is 2.55 bits per heavy atom. The van der Waals surface area contributed by atoms with Gasteiger partial charge < -0.3 is 10.1 Å². The van der Waals surface area contributed by atoms with Gasteiger partial charge in [-0.2, -0.15) is 5.21 Å². The predicted molar refractivity (Wildman–Crippen MR) is 113 cm³/mol. The normalized spacial score (nSPS) is 11.7. The van der Waals surface area contributed by atoms with E-state index in [0.717, 1.165) is 5.56 Å². The molecular formula is C22H17ClFN5O2. The summed E-state index contributed by atoms with van der Waals surface area (Å²) < 4.78 is 19.0. The molecule has 1 atom stereocenters. The molecule has 0 bridgehead atoms. The maximum absolute atomic E-state index is 13.2. The molecule has 0 saturated carbocycles. The molecule has 7 nitrogen and oxygen atoms in total. The zero-order valence-corrected chi connectivity index (χ0v) is 16.9. The van der Waals surface area contributed by atoms with E-state index in [-0.39, 0.29) is 18.3 Å². The second-order valence-electron chi connectivity index (χ2n) is 6.63. The first kappa shape index (κ1) is 20.5. The van der Waals surface area contributed by atoms with E-state index in [1.54, 1.807) is 36.4 Å². The Morgan fingerprint density at radius 1 is 1.10 bits per heavy atom. The van der Waals surface area contributed by atoms with Crippen LogP contribution in [0.1, 0.15) is 22.0 Å². The maximum Gasteiger partial charge on any atom is 0.251 e. The minimum atomic E-state index is -0.519. The minimum absolute atomic E-state index is 0.113. The van der Waals surface area contributed by atoms with Gasteiger partial charge in [0.15, 0.2) is 0 Å². The lowest BCUT2D eigenvalue weighted by molar-refractivity contribution is 0.0921. The van der Waals surface area contributed by atoms with Crippen molar-refractivity contribution in [3.63, 3.8) is 0 Å². The minimum Gasteiger partial charge on any atom is -0.491 e. The number of nitrogens with zero attached hydrogens (tertiary/aromatic N) is 3. The highest BCUT2D eigenvalue weighted by Crippen LogP contribution is 2.28. The van der Waals surface area contributed by atoms with Gasteiger partial charge in [0.2, 0.25) is 5.82 Å². The number of amides is 1. The van der Waals surface area contributed by atoms with Gasteiger partial charge in [-0.25, -0.2) is 4.39 Å². The van der Waals surface area contributed by atoms with Gasteiger partial charge in [0.25, 0.3) is 5.91 Å². The third kappa shape index (κ3) is 5.04. The zero-order chi connectivity index (χ0) is 21.6. The number of ether oxygens (including phenoxy) is 1. The lowest BCUT2D eigenvalue weighted by atomic mass is 10.0. The topological polar surface area (TPSA) is 92.8 Å². The second-order valence-corrected chi connectivity index (χ2v) is 7.04. The van der Waals surface area contributed by atoms with Crippen LogP contribution < -0.4 is 10.1 Å². The number of tetrazole rings is 1. The molecule has 31 heavy (non-hydrogen) atoms. The van der Waals surface area contributed by atoms with Crippen LogP contribution in [0.3, 0.4) is 0 Å². The molecule has 0 fully saturated rings. The molecule has 3 aromatic carbocycles. The van der Waals surface area contributed by atoms with E-state index in [1.165, 1.54) is 24.3 Å². The number of rotatable bonds is 7. The Morgan fingerprint density at radius 2 is 1.87 bits per heavy atom. The molecule has 156 valence electrons. The third-order valence-corrected chi connectivity index (χ3v) is 4.87. The van der Waals surface area contributed by atoms with Gasteiger partial charge in [-0.15, -0.1) is 10.2 Å². The summed E-state index contributed by atoms with van der Waals surface area (Å²) >= 11 is 6.44. The van der Waals surface area contributed by atoms with Crippen LogP contribution >= 0.6 is 11.6 Å². The van der Waals surface area contributed by atoms with Crippen molar-refractivity contribution in [1.29, 1.82) is 0 Å². The number of aromatic amines is 1. The van der Waals surface area contributed by atoms with Gasteiger partial charge >= 0.3 is 0 Å². The van der Waals surface area contributed by atoms with E-state index < -0.39 is 6.04 Å². The van der Waals surface area contributed by atoms with Crippen molar-refractivity contribution in [1.82, 2.24) is 25.9 Å². The first-order valence-corrected chi connectivity index (χ1v) is 9.75. The lowest BCUT2D eigenvalue weighted by Crippen LogP contribution is -2.32. The number of carbonyl (C=O) groups excluding carboxylic acids is 1. The number of benzene rings is 3. The predicted octanol–water partition coefficient (Wildman–Crippen LogP) is 4.21. The van der Waals surface area contributed by atoms with Crippen molar-refractivity contribution in [3.8, 4) is 17.1 Å². The molecule has 0 spiro atoms. The van der Waals surface area contributed by atoms with Crippen LogP contribution in [0.2, 0.25) is 5.02 Å². The van der Waals surface area contributed by atoms with Crippen LogP contribution in [0, 0.1) is 5.82 Å². The SMILES string of the molecule is O=C(N[C@H](COc1ccc(F)cc1)c1ccc(-c2nn[nH]n2)c(Cl)c1)c1ccccc1. The lowest BCUT2D eigenvalue weighted by Gasteiger charge is -2.21. The largest absolute Gasteiger partial charge is 0.491 e. The van der Waals surface area contributed by atoms with E-state index in [4.69, 9.17) is 16.3 Å². The molecule has 0 aliphatic rings. The molecule has 0 aliphatic carbocycles. The number of carbonyl (C=O) groups is 1. The van der Waals surface area contributed by atoms with Crippen molar-refractivity contribution in [2.45, 2.75) is 6.04 Å². The molecule has 0 saturated heterocycles. The molecule has 2 N–H and O–H groups in total. The van der Waals surface area contributed by atoms with Crippen LogP contribution in [-0.4, -0.2) is 33.1 Å². The van der Waals surface area contributed by atoms with E-state index in [0.29, 0.717) is 27.7 Å². The molecule has 0 aliphatic heterocycles. The van der Waals surface area contributed by atoms with E-state index in [9.17, 15) is 9.18 Å². The number of hydrogen-bond acceptors (Lipinski definition) is 5. The summed E-state index contributed by atoms with van der Waals surface area (Å²) in [5, 5.41) is 17.2. The molecule has 0 radical (unpaired) electrons. The van der Waals surface area contributed by atoms with Gasteiger partial charge in [-0.3, -0.25) is 4.79 Å². The van der Waals surface area contributed by atoms with Crippen molar-refractivity contribution in [2.75, 3.05) is 6.61 Å². The highest BCUT2D eigenvalue weighted by atomic mass is 35.5. The number of halogens is 2. The zero-order valence-electron chi connectivity index (χ0n) is 16.1. The molecule has 1 amide bonds.